The largest absolute Gasteiger partial charge is 0.406 e. The molecule has 0 spiro atoms. The monoisotopic (exact) mass is 229 g/mol. The average molecular weight is 230 g/mol. The summed E-state index contributed by atoms with van der Waals surface area (Å²) < 4.78 is 5.18. The zero-order chi connectivity index (χ0) is 10.8. The van der Waals surface area contributed by atoms with Gasteiger partial charge in [-0.05, 0) is 12.1 Å². The number of nitrogens with zero attached hydrogens (tertiary/aromatic N) is 6. The third kappa shape index (κ3) is 2.21. The second-order valence-electron chi connectivity index (χ2n) is 2.79. The van der Waals surface area contributed by atoms with Gasteiger partial charge in [-0.2, -0.15) is 4.80 Å². The number of hydrogen-bond acceptors (Lipinski definition) is 7. The molecule has 1 atom stereocenters. The lowest BCUT2D eigenvalue weighted by atomic mass is 10.5. The molecular formula is C6H8ClN7O. The molecule has 0 fully saturated rings. The quantitative estimate of drug-likeness (QED) is 0.772. The van der Waals surface area contributed by atoms with Crippen LogP contribution in [0.4, 0.5) is 12.0 Å². The summed E-state index contributed by atoms with van der Waals surface area (Å²) in [6.45, 7) is 1.74. The fraction of sp³-hybridized carbons (Fsp3) is 0.500. The molecule has 2 aromatic heterocycles. The van der Waals surface area contributed by atoms with Crippen LogP contribution in [0.15, 0.2) is 4.42 Å². The molecule has 2 aromatic rings. The summed E-state index contributed by atoms with van der Waals surface area (Å²) in [6, 6.07) is 0.186. The van der Waals surface area contributed by atoms with Crippen molar-refractivity contribution in [2.24, 2.45) is 7.05 Å². The first kappa shape index (κ1) is 9.84. The van der Waals surface area contributed by atoms with Crippen molar-refractivity contribution in [3.05, 3.63) is 5.89 Å². The molecule has 9 heteroatoms. The highest BCUT2D eigenvalue weighted by molar-refractivity contribution is 6.20. The minimum absolute atomic E-state index is 0.186. The van der Waals surface area contributed by atoms with E-state index in [1.165, 1.54) is 4.80 Å². The zero-order valence-electron chi connectivity index (χ0n) is 8.05. The van der Waals surface area contributed by atoms with Gasteiger partial charge in [-0.1, -0.05) is 10.2 Å². The van der Waals surface area contributed by atoms with Gasteiger partial charge in [0.2, 0.25) is 5.89 Å². The molecule has 0 bridgehead atoms. The van der Waals surface area contributed by atoms with Crippen molar-refractivity contribution in [1.29, 1.82) is 0 Å². The van der Waals surface area contributed by atoms with E-state index in [1.807, 2.05) is 0 Å². The molecule has 0 saturated heterocycles. The fourth-order valence-corrected chi connectivity index (χ4v) is 0.964. The minimum atomic E-state index is -0.331. The number of anilines is 2. The van der Waals surface area contributed by atoms with E-state index in [-0.39, 0.29) is 17.3 Å². The Hall–Kier alpha value is -1.70. The van der Waals surface area contributed by atoms with Crippen LogP contribution < -0.4 is 5.32 Å². The first-order chi connectivity index (χ1) is 7.15. The number of rotatable bonds is 3. The predicted molar refractivity (Wildman–Crippen MR) is 50.6 cm³/mol. The molecule has 0 aliphatic heterocycles. The van der Waals surface area contributed by atoms with Gasteiger partial charge in [0.25, 0.3) is 5.95 Å². The van der Waals surface area contributed by atoms with Crippen LogP contribution in [0.25, 0.3) is 0 Å². The summed E-state index contributed by atoms with van der Waals surface area (Å²) in [5.74, 6) is 0.623. The van der Waals surface area contributed by atoms with Gasteiger partial charge in [0.15, 0.2) is 0 Å². The van der Waals surface area contributed by atoms with E-state index in [1.54, 1.807) is 14.0 Å². The second kappa shape index (κ2) is 3.81. The molecule has 1 unspecified atom stereocenters. The highest BCUT2D eigenvalue weighted by Crippen LogP contribution is 2.20. The Morgan fingerprint density at radius 1 is 1.40 bits per heavy atom. The van der Waals surface area contributed by atoms with Crippen molar-refractivity contribution >= 4 is 23.6 Å². The van der Waals surface area contributed by atoms with Gasteiger partial charge >= 0.3 is 6.01 Å². The third-order valence-corrected chi connectivity index (χ3v) is 1.69. The van der Waals surface area contributed by atoms with Crippen LogP contribution in [0.5, 0.6) is 0 Å². The van der Waals surface area contributed by atoms with E-state index < -0.39 is 0 Å². The first-order valence-corrected chi connectivity index (χ1v) is 4.57. The number of halogens is 1. The summed E-state index contributed by atoms with van der Waals surface area (Å²) in [6.07, 6.45) is 0. The maximum atomic E-state index is 5.75. The Bertz CT molecular complexity index is 450. The molecule has 2 rings (SSSR count). The smallest absolute Gasteiger partial charge is 0.322 e. The Morgan fingerprint density at radius 2 is 2.20 bits per heavy atom. The Labute approximate surface area is 89.6 Å². The van der Waals surface area contributed by atoms with Crippen molar-refractivity contribution in [2.75, 3.05) is 5.32 Å². The van der Waals surface area contributed by atoms with E-state index in [9.17, 15) is 0 Å². The molecule has 0 aliphatic rings. The Balaban J connectivity index is 2.11. The van der Waals surface area contributed by atoms with Gasteiger partial charge < -0.3 is 4.42 Å². The van der Waals surface area contributed by atoms with Gasteiger partial charge in [-0.15, -0.1) is 21.8 Å². The van der Waals surface area contributed by atoms with Gasteiger partial charge in [-0.3, -0.25) is 5.32 Å². The van der Waals surface area contributed by atoms with Crippen molar-refractivity contribution in [2.45, 2.75) is 12.3 Å². The lowest BCUT2D eigenvalue weighted by Gasteiger charge is -1.93. The highest BCUT2D eigenvalue weighted by Gasteiger charge is 2.12. The first-order valence-electron chi connectivity index (χ1n) is 4.13. The number of hydrogen-bond donors (Lipinski definition) is 1. The lowest BCUT2D eigenvalue weighted by Crippen LogP contribution is -1.95. The van der Waals surface area contributed by atoms with E-state index in [0.29, 0.717) is 5.89 Å². The van der Waals surface area contributed by atoms with E-state index in [2.05, 4.69) is 30.9 Å². The van der Waals surface area contributed by atoms with Crippen LogP contribution >= 0.6 is 11.6 Å². The molecular weight excluding hydrogens is 222 g/mol. The minimum Gasteiger partial charge on any atom is -0.406 e. The summed E-state index contributed by atoms with van der Waals surface area (Å²) in [7, 11) is 1.65. The van der Waals surface area contributed by atoms with Crippen molar-refractivity contribution in [3.63, 3.8) is 0 Å². The normalized spacial score (nSPS) is 12.7. The molecule has 0 aliphatic carbocycles. The SMILES string of the molecule is CC(Cl)c1nnc(Nc2nnn(C)n2)o1. The Kier molecular flexibility index (Phi) is 2.50. The topological polar surface area (TPSA) is 94.6 Å². The molecule has 0 saturated carbocycles. The van der Waals surface area contributed by atoms with Crippen LogP contribution in [0, 0.1) is 0 Å². The molecule has 0 amide bonds. The molecule has 0 radical (unpaired) electrons. The molecule has 2 heterocycles. The van der Waals surface area contributed by atoms with Crippen LogP contribution in [-0.4, -0.2) is 30.4 Å². The Morgan fingerprint density at radius 3 is 2.73 bits per heavy atom. The number of alkyl halides is 1. The van der Waals surface area contributed by atoms with Crippen molar-refractivity contribution in [3.8, 4) is 0 Å². The molecule has 15 heavy (non-hydrogen) atoms. The average Bonchev–Trinajstić information content (AvgIpc) is 2.76. The predicted octanol–water partition coefficient (Wildman–Crippen LogP) is 0.636. The van der Waals surface area contributed by atoms with Crippen molar-refractivity contribution in [1.82, 2.24) is 30.4 Å². The van der Waals surface area contributed by atoms with Gasteiger partial charge in [0.05, 0.1) is 7.05 Å². The van der Waals surface area contributed by atoms with Crippen molar-refractivity contribution < 1.29 is 4.42 Å². The van der Waals surface area contributed by atoms with Gasteiger partial charge in [0.1, 0.15) is 5.38 Å². The molecule has 8 nitrogen and oxygen atoms in total. The number of tetrazole rings is 1. The van der Waals surface area contributed by atoms with E-state index >= 15 is 0 Å². The summed E-state index contributed by atoms with van der Waals surface area (Å²) in [5.41, 5.74) is 0. The summed E-state index contributed by atoms with van der Waals surface area (Å²) in [4.78, 5) is 1.31. The van der Waals surface area contributed by atoms with Gasteiger partial charge in [0, 0.05) is 0 Å². The van der Waals surface area contributed by atoms with Crippen LogP contribution in [0.1, 0.15) is 18.2 Å². The van der Waals surface area contributed by atoms with Crippen LogP contribution in [0.2, 0.25) is 0 Å². The van der Waals surface area contributed by atoms with E-state index in [0.717, 1.165) is 0 Å². The lowest BCUT2D eigenvalue weighted by molar-refractivity contribution is 0.509. The van der Waals surface area contributed by atoms with Crippen LogP contribution in [0.3, 0.4) is 0 Å². The molecule has 80 valence electrons. The third-order valence-electron chi connectivity index (χ3n) is 1.51. The van der Waals surface area contributed by atoms with Gasteiger partial charge in [-0.25, -0.2) is 0 Å². The summed E-state index contributed by atoms with van der Waals surface area (Å²) in [5, 5.41) is 21.0. The number of aryl methyl sites for hydroxylation is 1. The number of nitrogens with one attached hydrogen (secondary N) is 1. The fourth-order valence-electron chi connectivity index (χ4n) is 0.876. The van der Waals surface area contributed by atoms with E-state index in [4.69, 9.17) is 16.0 Å². The second-order valence-corrected chi connectivity index (χ2v) is 3.44. The highest BCUT2D eigenvalue weighted by atomic mass is 35.5. The molecule has 0 aromatic carbocycles. The standard InChI is InChI=1S/C6H8ClN7O/c1-3(7)4-9-11-6(15-4)8-5-10-13-14(2)12-5/h3H,1-2H3,(H,8,11,12). The maximum absolute atomic E-state index is 5.75. The van der Waals surface area contributed by atoms with Crippen LogP contribution in [-0.2, 0) is 7.05 Å². The molecule has 1 N–H and O–H groups in total. The number of aromatic nitrogens is 6. The zero-order valence-corrected chi connectivity index (χ0v) is 8.80. The maximum Gasteiger partial charge on any atom is 0.322 e. The summed E-state index contributed by atoms with van der Waals surface area (Å²) >= 11 is 5.75.